The number of anilines is 3. The standard InChI is InChI=1S/C60H78N19O30P5S5/c1-24-13-75(57(85)66-47(24)61)40-8-30(28(5)99-40)105-111(90,116)95-18-35-32(10-42(101-35)77-16-27(4)52(82)73-60(77)88)107-112(91,117)97-20-37-34(12-44(103-37)79-23-65-46-49(79)68-56(63)70-54(46)84)109-114(93,119)98-21-38-33(11-43(104-38)78-22-64-45-48(78)67-55(62)69-53(45)83)108-113(92,118)96-19-36-31(9-41(102-36)76-15-26(3)51(81)72-59(76)87)106-110(89,115)94-17-29-6-7-39(100-29)74-14-25(2)50(80)71-58(74)86/h13-16,22-23,28-44H,6-12,17-21H2,1-5H3,(H,89,115)(H,90,116)(H,91,117)(H,92,118)(H,93,119)(H2,61,66,85)(H,71,80,86)(H,72,81,87)(H,73,82,88)(H3,62,67,69,83)(H3,63,68,70,84)/t28-,29+,30?,31?,32?,33?,34?,35-,36-,37-,38-,39-,40-,41-,42-,43-,44-,110?,111?,112?,113?,114?/m1/s1. The van der Waals surface area contributed by atoms with Gasteiger partial charge in [0.15, 0.2) is 22.3 Å². The van der Waals surface area contributed by atoms with Crippen molar-refractivity contribution in [1.29, 1.82) is 0 Å². The predicted octanol–water partition coefficient (Wildman–Crippen LogP) is 0.190. The third-order valence-corrected chi connectivity index (χ3v) is 27.9. The fraction of sp³-hybridized carbons (Fsp3) is 0.567. The van der Waals surface area contributed by atoms with Crippen LogP contribution < -0.4 is 67.8 Å². The van der Waals surface area contributed by atoms with Crippen LogP contribution >= 0.6 is 45.9 Å². The van der Waals surface area contributed by atoms with Gasteiger partial charge in [0.2, 0.25) is 11.9 Å². The van der Waals surface area contributed by atoms with Crippen molar-refractivity contribution in [3.63, 3.8) is 0 Å². The number of rotatable bonds is 31. The molecule has 0 bridgehead atoms. The van der Waals surface area contributed by atoms with Gasteiger partial charge in [-0.25, -0.2) is 33.7 Å². The van der Waals surface area contributed by atoms with E-state index in [-0.39, 0.29) is 95.4 Å². The number of H-pyrrole nitrogens is 5. The van der Waals surface area contributed by atoms with Crippen LogP contribution in [0.25, 0.3) is 22.3 Å². The summed E-state index contributed by atoms with van der Waals surface area (Å²) in [6.07, 6.45) is -13.3. The van der Waals surface area contributed by atoms with E-state index in [1.807, 2.05) is 0 Å². The monoisotopic (exact) mass is 1860 g/mol. The Balaban J connectivity index is 0.675. The molecule has 0 spiro atoms. The predicted molar refractivity (Wildman–Crippen MR) is 429 cm³/mol. The molecule has 10 unspecified atom stereocenters. The molecular formula is C60H78N19O30P5S5. The van der Waals surface area contributed by atoms with Crippen molar-refractivity contribution < 1.29 is 97.8 Å². The van der Waals surface area contributed by atoms with Crippen LogP contribution in [0, 0.1) is 27.7 Å². The van der Waals surface area contributed by atoms with E-state index in [0.717, 1.165) is 9.13 Å². The maximum Gasteiger partial charge on any atom is 0.386 e. The van der Waals surface area contributed by atoms with E-state index in [9.17, 15) is 67.3 Å². The van der Waals surface area contributed by atoms with E-state index >= 15 is 0 Å². The Morgan fingerprint density at radius 1 is 0.437 bits per heavy atom. The highest BCUT2D eigenvalue weighted by molar-refractivity contribution is 8.44. The third-order valence-electron chi connectivity index (χ3n) is 19.9. The lowest BCUT2D eigenvalue weighted by Crippen LogP contribution is -2.33. The summed E-state index contributed by atoms with van der Waals surface area (Å²) < 4.78 is 119. The molecule has 6 saturated heterocycles. The number of ether oxygens (including phenoxy) is 6. The minimum atomic E-state index is -4.76. The quantitative estimate of drug-likeness (QED) is 0.0204. The number of thiol groups is 1. The van der Waals surface area contributed by atoms with Crippen LogP contribution in [0.5, 0.6) is 0 Å². The number of imidazole rings is 2. The Morgan fingerprint density at radius 3 is 1.20 bits per heavy atom. The molecule has 0 aromatic carbocycles. The first-order valence-electron chi connectivity index (χ1n) is 36.0. The lowest BCUT2D eigenvalue weighted by atomic mass is 10.2. The summed E-state index contributed by atoms with van der Waals surface area (Å²) in [5, 5.41) is 0. The Bertz CT molecular complexity index is 6080. The number of hydrogen-bond acceptors (Lipinski definition) is 38. The number of nitrogen functional groups attached to an aromatic ring is 3. The van der Waals surface area contributed by atoms with Crippen LogP contribution in [0.15, 0.2) is 80.6 Å². The van der Waals surface area contributed by atoms with Gasteiger partial charge in [-0.2, -0.15) is 15.0 Å². The molecule has 0 amide bonds. The molecule has 0 saturated carbocycles. The van der Waals surface area contributed by atoms with Gasteiger partial charge < -0.3 is 101 Å². The Hall–Kier alpha value is -6.60. The maximum atomic E-state index is 14.7. The summed E-state index contributed by atoms with van der Waals surface area (Å²) in [4.78, 5) is 195. The van der Waals surface area contributed by atoms with Crippen molar-refractivity contribution in [3.05, 3.63) is 153 Å². The average molecular weight is 1860 g/mol. The van der Waals surface area contributed by atoms with Crippen LogP contribution in [0.2, 0.25) is 0 Å². The van der Waals surface area contributed by atoms with Crippen LogP contribution in [0.1, 0.15) is 111 Å². The van der Waals surface area contributed by atoms with Crippen LogP contribution in [0.4, 0.5) is 17.7 Å². The molecule has 8 aromatic heterocycles. The highest BCUT2D eigenvalue weighted by Crippen LogP contribution is 2.59. The minimum Gasteiger partial charge on any atom is -0.383 e. The highest BCUT2D eigenvalue weighted by Gasteiger charge is 2.50. The van der Waals surface area contributed by atoms with Crippen molar-refractivity contribution in [2.45, 2.75) is 184 Å². The van der Waals surface area contributed by atoms with Gasteiger partial charge in [0.1, 0.15) is 73.7 Å². The molecule has 0 radical (unpaired) electrons. The highest BCUT2D eigenvalue weighted by atomic mass is 32.7. The summed E-state index contributed by atoms with van der Waals surface area (Å²) in [5.41, 5.74) is 11.6. The Morgan fingerprint density at radius 2 is 0.782 bits per heavy atom. The van der Waals surface area contributed by atoms with Crippen molar-refractivity contribution in [1.82, 2.24) is 77.2 Å². The summed E-state index contributed by atoms with van der Waals surface area (Å²) in [6, 6.07) is 0. The largest absolute Gasteiger partial charge is 0.386 e. The third kappa shape index (κ3) is 20.4. The average Bonchev–Trinajstić information content (AvgIpc) is 1.63. The smallest absolute Gasteiger partial charge is 0.383 e. The van der Waals surface area contributed by atoms with Gasteiger partial charge in [0.25, 0.3) is 27.8 Å². The molecule has 8 aromatic rings. The molecule has 15 N–H and O–H groups in total. The summed E-state index contributed by atoms with van der Waals surface area (Å²) in [5.74, 6) is -0.595. The first-order valence-corrected chi connectivity index (χ1v) is 49.0. The molecule has 14 heterocycles. The van der Waals surface area contributed by atoms with Crippen LogP contribution in [-0.2, 0) is 125 Å². The number of hydrogen-bond donors (Lipinski definition) is 13. The minimum absolute atomic E-state index is 0.00394. The van der Waals surface area contributed by atoms with Gasteiger partial charge in [-0.3, -0.25) is 85.3 Å². The van der Waals surface area contributed by atoms with Crippen molar-refractivity contribution >= 4 is 133 Å². The first-order chi connectivity index (χ1) is 56.0. The van der Waals surface area contributed by atoms with Crippen molar-refractivity contribution in [2.24, 2.45) is 0 Å². The zero-order valence-electron chi connectivity index (χ0n) is 62.6. The summed E-state index contributed by atoms with van der Waals surface area (Å²) >= 11 is 26.5. The van der Waals surface area contributed by atoms with Crippen molar-refractivity contribution in [3.8, 4) is 0 Å². The number of aryl methyl sites for hydroxylation is 4. The lowest BCUT2D eigenvalue weighted by molar-refractivity contribution is -0.0549. The summed E-state index contributed by atoms with van der Waals surface area (Å²) in [6.45, 7) is -18.4. The van der Waals surface area contributed by atoms with E-state index in [2.05, 4.69) is 62.1 Å². The molecule has 6 aliphatic rings. The molecule has 59 heteroatoms. The van der Waals surface area contributed by atoms with E-state index in [1.54, 1.807) is 13.8 Å². The maximum absolute atomic E-state index is 14.7. The lowest BCUT2D eigenvalue weighted by Gasteiger charge is -2.28. The normalized spacial score (nSPS) is 29.1. The molecule has 119 heavy (non-hydrogen) atoms. The first kappa shape index (κ1) is 88.7. The SMILES string of the molecule is Cc1cn([C@H]2CC(OP(O)(=S)OC[C@H]3O[C@@H](n4cc(C)c(=O)[nH]c4=O)CC3OP(=O)(S)OC[C@H]3O[C@@H](n4cnc5c(=O)[nH]c(N)nc54)CC3OP(O)(=S)OC[C@H]3O[C@@H](n4cnc5c(=O)[nH]c(N)nc54)CC3OP(O)(=S)OC[C@H]3O[C@@H](n4cc(C)c(=O)[nH]c4=O)CC3OP(O)(=S)OC[C@@H]3CC[C@H](n4cc(C)c(=O)[nH]c4=O)O3)[C@@H](C)O2)c(=O)nc1N. The number of aromatic amines is 5. The van der Waals surface area contributed by atoms with E-state index in [4.69, 9.17) is 138 Å². The van der Waals surface area contributed by atoms with Gasteiger partial charge >= 0.3 is 56.4 Å². The fourth-order valence-corrected chi connectivity index (χ4v) is 21.5. The van der Waals surface area contributed by atoms with Crippen LogP contribution in [-0.4, -0.2) is 197 Å². The van der Waals surface area contributed by atoms with Gasteiger partial charge in [-0.05, 0) is 94.7 Å². The molecule has 6 aliphatic heterocycles. The number of fused-ring (bicyclic) bond motifs is 2. The molecular weight excluding hydrogens is 1780 g/mol. The molecule has 49 nitrogen and oxygen atoms in total. The fourth-order valence-electron chi connectivity index (χ4n) is 14.0. The van der Waals surface area contributed by atoms with Gasteiger partial charge in [-0.15, -0.1) is 0 Å². The van der Waals surface area contributed by atoms with Gasteiger partial charge in [0, 0.05) is 79.1 Å². The molecule has 648 valence electrons. The second-order valence-electron chi connectivity index (χ2n) is 28.3. The van der Waals surface area contributed by atoms with Gasteiger partial charge in [0.05, 0.1) is 82.3 Å². The van der Waals surface area contributed by atoms with E-state index < -0.39 is 215 Å². The molecule has 6 fully saturated rings. The Kier molecular flexibility index (Phi) is 26.2. The molecule has 22 atom stereocenters. The second-order valence-corrected chi connectivity index (χ2v) is 42.3. The van der Waals surface area contributed by atoms with E-state index in [0.29, 0.717) is 18.4 Å². The zero-order valence-corrected chi connectivity index (χ0v) is 71.3. The zero-order chi connectivity index (χ0) is 85.4. The van der Waals surface area contributed by atoms with Gasteiger partial charge in [-0.1, -0.05) is 12.2 Å². The summed E-state index contributed by atoms with van der Waals surface area (Å²) in [7, 11) is 0. The topological polar surface area (TPSA) is 650 Å². The number of nitrogens with one attached hydrogen (secondary N) is 5. The second kappa shape index (κ2) is 35.2. The number of nitrogens with zero attached hydrogens (tertiary/aromatic N) is 11. The van der Waals surface area contributed by atoms with Crippen LogP contribution in [0.3, 0.4) is 0 Å². The molecule has 14 rings (SSSR count). The number of nitrogens with two attached hydrogens (primary N) is 3. The number of aromatic nitrogens is 16. The molecule has 0 aliphatic carbocycles. The Labute approximate surface area is 692 Å². The van der Waals surface area contributed by atoms with Crippen molar-refractivity contribution in [2.75, 3.05) is 50.2 Å². The van der Waals surface area contributed by atoms with E-state index in [1.165, 1.54) is 76.5 Å².